The quantitative estimate of drug-likeness (QED) is 0.613. The number of aromatic nitrogens is 1. The van der Waals surface area contributed by atoms with Crippen LogP contribution in [0, 0.1) is 5.92 Å². The third kappa shape index (κ3) is 2.89. The van der Waals surface area contributed by atoms with Crippen molar-refractivity contribution in [2.45, 2.75) is 38.3 Å². The molecule has 5 heterocycles. The van der Waals surface area contributed by atoms with Crippen LogP contribution in [0.15, 0.2) is 29.8 Å². The first-order valence-corrected chi connectivity index (χ1v) is 11.7. The van der Waals surface area contributed by atoms with E-state index in [1.165, 1.54) is 24.2 Å². The molecule has 1 amide bonds. The van der Waals surface area contributed by atoms with E-state index in [1.807, 2.05) is 23.6 Å². The maximum atomic E-state index is 13.2. The molecular weight excluding hydrogens is 410 g/mol. The number of nitrogens with one attached hydrogen (secondary N) is 1. The number of nitrogens with zero attached hydrogens (tertiary/aromatic N) is 2. The average Bonchev–Trinajstić information content (AvgIpc) is 3.34. The number of carbonyl (C=O) groups is 1. The van der Waals surface area contributed by atoms with Crippen molar-refractivity contribution < 1.29 is 4.79 Å². The standard InChI is InChI=1S/C21H22ClN3OS2/c1-21(2)18(12-5-8-25(21)9-6-12)24-19(26)15-11-13-3-4-14(22)16(17(13)28-15)20-23-7-10-27-20/h3-4,7,10-12,18H,5-6,8-9H2,1-2H3,(H,24,26). The minimum Gasteiger partial charge on any atom is -0.346 e. The highest BCUT2D eigenvalue weighted by molar-refractivity contribution is 7.22. The Morgan fingerprint density at radius 1 is 1.32 bits per heavy atom. The molecule has 3 saturated heterocycles. The van der Waals surface area contributed by atoms with E-state index in [4.69, 9.17) is 11.6 Å². The summed E-state index contributed by atoms with van der Waals surface area (Å²) in [5.41, 5.74) is 0.935. The minimum atomic E-state index is 0.00284. The summed E-state index contributed by atoms with van der Waals surface area (Å²) in [5.74, 6) is 0.591. The van der Waals surface area contributed by atoms with Crippen LogP contribution < -0.4 is 5.32 Å². The lowest BCUT2D eigenvalue weighted by molar-refractivity contribution is -0.0377. The summed E-state index contributed by atoms with van der Waals surface area (Å²) in [6.07, 6.45) is 4.13. The Balaban J connectivity index is 1.48. The number of piperidine rings is 3. The number of halogens is 1. The van der Waals surface area contributed by atoms with Crippen molar-refractivity contribution in [1.29, 1.82) is 0 Å². The molecule has 1 atom stereocenters. The van der Waals surface area contributed by atoms with Crippen molar-refractivity contribution in [2.75, 3.05) is 13.1 Å². The Kier molecular flexibility index (Phi) is 4.51. The number of carbonyl (C=O) groups excluding carboxylic acids is 1. The van der Waals surface area contributed by atoms with Crippen molar-refractivity contribution in [3.05, 3.63) is 39.7 Å². The predicted octanol–water partition coefficient (Wildman–Crippen LogP) is 5.28. The van der Waals surface area contributed by atoms with Gasteiger partial charge in [0.25, 0.3) is 5.91 Å². The van der Waals surface area contributed by atoms with Crippen molar-refractivity contribution in [1.82, 2.24) is 15.2 Å². The highest BCUT2D eigenvalue weighted by Crippen LogP contribution is 2.42. The molecule has 7 heteroatoms. The Morgan fingerprint density at radius 3 is 2.79 bits per heavy atom. The highest BCUT2D eigenvalue weighted by Gasteiger charge is 2.48. The second kappa shape index (κ2) is 6.80. The number of rotatable bonds is 3. The first-order valence-electron chi connectivity index (χ1n) is 9.63. The SMILES string of the molecule is CC1(C)C(NC(=O)c2cc3ccc(Cl)c(-c4nccs4)c3s2)C2CCN1CC2. The molecular formula is C21H22ClN3OS2. The summed E-state index contributed by atoms with van der Waals surface area (Å²) in [4.78, 5) is 20.8. The zero-order valence-electron chi connectivity index (χ0n) is 15.9. The van der Waals surface area contributed by atoms with Gasteiger partial charge in [-0.1, -0.05) is 17.7 Å². The zero-order valence-corrected chi connectivity index (χ0v) is 18.3. The van der Waals surface area contributed by atoms with Crippen LogP contribution in [0.4, 0.5) is 0 Å². The summed E-state index contributed by atoms with van der Waals surface area (Å²) >= 11 is 9.56. The fourth-order valence-corrected chi connectivity index (χ4v) is 7.06. The molecule has 1 aromatic carbocycles. The van der Waals surface area contributed by atoms with Crippen LogP contribution >= 0.6 is 34.3 Å². The van der Waals surface area contributed by atoms with E-state index in [1.54, 1.807) is 17.5 Å². The Labute approximate surface area is 177 Å². The van der Waals surface area contributed by atoms with E-state index < -0.39 is 0 Å². The lowest BCUT2D eigenvalue weighted by Crippen LogP contribution is -2.69. The van der Waals surface area contributed by atoms with Gasteiger partial charge in [0, 0.05) is 33.4 Å². The van der Waals surface area contributed by atoms with Crippen LogP contribution in [0.25, 0.3) is 20.7 Å². The lowest BCUT2D eigenvalue weighted by atomic mass is 9.72. The molecule has 2 aromatic heterocycles. The average molecular weight is 432 g/mol. The number of amides is 1. The van der Waals surface area contributed by atoms with Crippen LogP contribution in [-0.2, 0) is 0 Å². The second-order valence-corrected chi connectivity index (χ2v) is 10.6. The monoisotopic (exact) mass is 431 g/mol. The fraction of sp³-hybridized carbons (Fsp3) is 0.429. The summed E-state index contributed by atoms with van der Waals surface area (Å²) in [6, 6.07) is 6.05. The van der Waals surface area contributed by atoms with Gasteiger partial charge in [-0.3, -0.25) is 9.69 Å². The van der Waals surface area contributed by atoms with Crippen molar-refractivity contribution in [2.24, 2.45) is 5.92 Å². The number of hydrogen-bond acceptors (Lipinski definition) is 5. The third-order valence-electron chi connectivity index (χ3n) is 6.38. The smallest absolute Gasteiger partial charge is 0.261 e. The molecule has 146 valence electrons. The fourth-order valence-electron chi connectivity index (χ4n) is 4.83. The van der Waals surface area contributed by atoms with Gasteiger partial charge in [0.05, 0.1) is 9.90 Å². The molecule has 0 saturated carbocycles. The van der Waals surface area contributed by atoms with E-state index in [0.717, 1.165) is 38.6 Å². The van der Waals surface area contributed by atoms with Gasteiger partial charge >= 0.3 is 0 Å². The van der Waals surface area contributed by atoms with Crippen LogP contribution in [0.1, 0.15) is 36.4 Å². The summed E-state index contributed by atoms with van der Waals surface area (Å²) in [6.45, 7) is 6.80. The van der Waals surface area contributed by atoms with Crippen molar-refractivity contribution in [3.63, 3.8) is 0 Å². The molecule has 0 radical (unpaired) electrons. The molecule has 2 bridgehead atoms. The predicted molar refractivity (Wildman–Crippen MR) is 118 cm³/mol. The van der Waals surface area contributed by atoms with E-state index in [-0.39, 0.29) is 17.5 Å². The van der Waals surface area contributed by atoms with Crippen molar-refractivity contribution in [3.8, 4) is 10.6 Å². The first-order chi connectivity index (χ1) is 13.4. The number of thiazole rings is 1. The van der Waals surface area contributed by atoms with Gasteiger partial charge in [0.15, 0.2) is 0 Å². The summed E-state index contributed by atoms with van der Waals surface area (Å²) < 4.78 is 1.03. The maximum absolute atomic E-state index is 13.2. The van der Waals surface area contributed by atoms with E-state index in [2.05, 4.69) is 29.0 Å². The van der Waals surface area contributed by atoms with Gasteiger partial charge in [-0.25, -0.2) is 4.98 Å². The van der Waals surface area contributed by atoms with E-state index in [9.17, 15) is 4.79 Å². The lowest BCUT2D eigenvalue weighted by Gasteiger charge is -2.56. The number of thiophene rings is 1. The Bertz CT molecular complexity index is 1040. The van der Waals surface area contributed by atoms with Gasteiger partial charge in [-0.05, 0) is 63.2 Å². The van der Waals surface area contributed by atoms with Gasteiger partial charge in [-0.15, -0.1) is 22.7 Å². The molecule has 0 spiro atoms. The first kappa shape index (κ1) is 18.6. The molecule has 0 aliphatic carbocycles. The normalized spacial score (nSPS) is 25.9. The van der Waals surface area contributed by atoms with Crippen LogP contribution in [0.3, 0.4) is 0 Å². The molecule has 3 aromatic rings. The van der Waals surface area contributed by atoms with Gasteiger partial charge in [0.1, 0.15) is 5.01 Å². The van der Waals surface area contributed by atoms with Gasteiger partial charge in [0.2, 0.25) is 0 Å². The molecule has 4 nitrogen and oxygen atoms in total. The van der Waals surface area contributed by atoms with Gasteiger partial charge < -0.3 is 5.32 Å². The largest absolute Gasteiger partial charge is 0.346 e. The third-order valence-corrected chi connectivity index (χ3v) is 8.65. The zero-order chi connectivity index (χ0) is 19.5. The molecule has 3 aliphatic heterocycles. The molecule has 28 heavy (non-hydrogen) atoms. The Morgan fingerprint density at radius 2 is 2.11 bits per heavy atom. The second-order valence-electron chi connectivity index (χ2n) is 8.22. The van der Waals surface area contributed by atoms with Crippen LogP contribution in [0.2, 0.25) is 5.02 Å². The number of benzene rings is 1. The van der Waals surface area contributed by atoms with Crippen LogP contribution in [-0.4, -0.2) is 40.5 Å². The molecule has 3 fully saturated rings. The molecule has 6 rings (SSSR count). The van der Waals surface area contributed by atoms with Crippen molar-refractivity contribution >= 4 is 50.3 Å². The number of hydrogen-bond donors (Lipinski definition) is 1. The highest BCUT2D eigenvalue weighted by atomic mass is 35.5. The molecule has 3 aliphatic rings. The van der Waals surface area contributed by atoms with Crippen LogP contribution in [0.5, 0.6) is 0 Å². The molecule has 1 N–H and O–H groups in total. The minimum absolute atomic E-state index is 0.00284. The number of fused-ring (bicyclic) bond motifs is 4. The Hall–Kier alpha value is -1.47. The summed E-state index contributed by atoms with van der Waals surface area (Å²) in [5, 5.41) is 7.92. The van der Waals surface area contributed by atoms with Gasteiger partial charge in [-0.2, -0.15) is 0 Å². The summed E-state index contributed by atoms with van der Waals surface area (Å²) in [7, 11) is 0. The van der Waals surface area contributed by atoms with E-state index >= 15 is 0 Å². The van der Waals surface area contributed by atoms with E-state index in [0.29, 0.717) is 10.9 Å². The maximum Gasteiger partial charge on any atom is 0.261 e. The molecule has 1 unspecified atom stereocenters. The topological polar surface area (TPSA) is 45.2 Å².